The lowest BCUT2D eigenvalue weighted by molar-refractivity contribution is 0.0696. The molecule has 0 spiro atoms. The Hall–Kier alpha value is -4.17. The van der Waals surface area contributed by atoms with Gasteiger partial charge in [0.05, 0.1) is 40.3 Å². The SMILES string of the molecule is O=C(O)c1ccc(C2(NC(=O)c3cc4ocnc4c4cnn(Cc5ccc(Cl)cc5)c34)CC2)cc1. The topological polar surface area (TPSA) is 110 Å². The number of rotatable bonds is 6. The number of amides is 1. The molecular formula is C26H19ClN4O4. The molecule has 9 heteroatoms. The molecule has 8 nitrogen and oxygen atoms in total. The Labute approximate surface area is 204 Å². The second kappa shape index (κ2) is 7.95. The van der Waals surface area contributed by atoms with Crippen LogP contribution in [0.5, 0.6) is 0 Å². The van der Waals surface area contributed by atoms with Gasteiger partial charge in [-0.2, -0.15) is 5.10 Å². The van der Waals surface area contributed by atoms with Gasteiger partial charge in [-0.3, -0.25) is 9.48 Å². The molecule has 174 valence electrons. The lowest BCUT2D eigenvalue weighted by Crippen LogP contribution is -2.35. The fourth-order valence-electron chi connectivity index (χ4n) is 4.49. The van der Waals surface area contributed by atoms with Gasteiger partial charge in [0.15, 0.2) is 12.0 Å². The van der Waals surface area contributed by atoms with Crippen LogP contribution >= 0.6 is 11.6 Å². The van der Waals surface area contributed by atoms with E-state index in [-0.39, 0.29) is 11.5 Å². The number of oxazole rings is 1. The smallest absolute Gasteiger partial charge is 0.335 e. The number of hydrogen-bond acceptors (Lipinski definition) is 5. The van der Waals surface area contributed by atoms with Crippen LogP contribution in [-0.2, 0) is 12.1 Å². The van der Waals surface area contributed by atoms with Gasteiger partial charge in [-0.25, -0.2) is 9.78 Å². The summed E-state index contributed by atoms with van der Waals surface area (Å²) in [5.41, 5.74) is 3.79. The Morgan fingerprint density at radius 3 is 2.54 bits per heavy atom. The van der Waals surface area contributed by atoms with E-state index in [9.17, 15) is 14.7 Å². The Morgan fingerprint density at radius 1 is 1.11 bits per heavy atom. The summed E-state index contributed by atoms with van der Waals surface area (Å²) in [6, 6.07) is 15.8. The Balaban J connectivity index is 1.39. The van der Waals surface area contributed by atoms with E-state index < -0.39 is 11.5 Å². The summed E-state index contributed by atoms with van der Waals surface area (Å²) < 4.78 is 7.31. The van der Waals surface area contributed by atoms with Crippen LogP contribution in [0, 0.1) is 0 Å². The maximum absolute atomic E-state index is 13.6. The van der Waals surface area contributed by atoms with Crippen LogP contribution in [0.15, 0.2) is 71.6 Å². The number of nitrogens with one attached hydrogen (secondary N) is 1. The van der Waals surface area contributed by atoms with Gasteiger partial charge < -0.3 is 14.8 Å². The van der Waals surface area contributed by atoms with Crippen molar-refractivity contribution in [2.45, 2.75) is 24.9 Å². The number of carboxylic acid groups (broad SMARTS) is 1. The van der Waals surface area contributed by atoms with Crippen molar-refractivity contribution in [3.05, 3.63) is 94.5 Å². The lowest BCUT2D eigenvalue weighted by Gasteiger charge is -2.19. The number of carbonyl (C=O) groups excluding carboxylic acids is 1. The number of aromatic carboxylic acids is 1. The molecule has 0 aliphatic heterocycles. The first kappa shape index (κ1) is 21.4. The molecule has 2 heterocycles. The zero-order chi connectivity index (χ0) is 24.2. The molecule has 35 heavy (non-hydrogen) atoms. The normalized spacial score (nSPS) is 14.3. The summed E-state index contributed by atoms with van der Waals surface area (Å²) in [5, 5.41) is 18.3. The number of carbonyl (C=O) groups is 2. The van der Waals surface area contributed by atoms with Crippen LogP contribution in [0.2, 0.25) is 5.02 Å². The molecule has 0 radical (unpaired) electrons. The van der Waals surface area contributed by atoms with Crippen LogP contribution in [0.25, 0.3) is 22.0 Å². The number of fused-ring (bicyclic) bond motifs is 3. The number of hydrogen-bond donors (Lipinski definition) is 2. The third kappa shape index (κ3) is 3.72. The van der Waals surface area contributed by atoms with Crippen molar-refractivity contribution in [2.75, 3.05) is 0 Å². The van der Waals surface area contributed by atoms with Gasteiger partial charge in [0, 0.05) is 5.02 Å². The van der Waals surface area contributed by atoms with Gasteiger partial charge in [-0.1, -0.05) is 35.9 Å². The van der Waals surface area contributed by atoms with E-state index >= 15 is 0 Å². The first-order valence-electron chi connectivity index (χ1n) is 11.1. The second-order valence-corrected chi connectivity index (χ2v) is 9.17. The van der Waals surface area contributed by atoms with Crippen molar-refractivity contribution >= 4 is 45.5 Å². The summed E-state index contributed by atoms with van der Waals surface area (Å²) in [5.74, 6) is -1.24. The highest BCUT2D eigenvalue weighted by Crippen LogP contribution is 2.46. The van der Waals surface area contributed by atoms with Gasteiger partial charge in [-0.05, 0) is 54.3 Å². The number of halogens is 1. The fraction of sp³-hybridized carbons (Fsp3) is 0.154. The minimum Gasteiger partial charge on any atom is -0.478 e. The highest BCUT2D eigenvalue weighted by atomic mass is 35.5. The van der Waals surface area contributed by atoms with Gasteiger partial charge in [-0.15, -0.1) is 0 Å². The zero-order valence-corrected chi connectivity index (χ0v) is 19.1. The second-order valence-electron chi connectivity index (χ2n) is 8.73. The number of carboxylic acids is 1. The van der Waals surface area contributed by atoms with Crippen molar-refractivity contribution in [3.8, 4) is 0 Å². The average Bonchev–Trinajstić information content (AvgIpc) is 3.28. The predicted octanol–water partition coefficient (Wildman–Crippen LogP) is 5.00. The van der Waals surface area contributed by atoms with Crippen LogP contribution < -0.4 is 5.32 Å². The van der Waals surface area contributed by atoms with Gasteiger partial charge in [0.1, 0.15) is 5.52 Å². The molecule has 1 aliphatic rings. The molecule has 1 saturated carbocycles. The largest absolute Gasteiger partial charge is 0.478 e. The maximum Gasteiger partial charge on any atom is 0.335 e. The molecule has 5 aromatic rings. The van der Waals surface area contributed by atoms with E-state index in [2.05, 4.69) is 15.4 Å². The van der Waals surface area contributed by atoms with Crippen LogP contribution in [0.3, 0.4) is 0 Å². The molecule has 0 unspecified atom stereocenters. The van der Waals surface area contributed by atoms with Crippen LogP contribution in [-0.4, -0.2) is 31.7 Å². The molecule has 1 amide bonds. The summed E-state index contributed by atoms with van der Waals surface area (Å²) in [4.78, 5) is 29.2. The van der Waals surface area contributed by atoms with Gasteiger partial charge in [0.2, 0.25) is 0 Å². The molecule has 0 bridgehead atoms. The third-order valence-electron chi connectivity index (χ3n) is 6.50. The van der Waals surface area contributed by atoms with E-state index in [1.54, 1.807) is 41.2 Å². The number of aromatic nitrogens is 3. The molecule has 1 aliphatic carbocycles. The van der Waals surface area contributed by atoms with Crippen molar-refractivity contribution in [1.29, 1.82) is 0 Å². The van der Waals surface area contributed by atoms with E-state index in [1.807, 2.05) is 24.3 Å². The minimum absolute atomic E-state index is 0.208. The quantitative estimate of drug-likeness (QED) is 0.349. The maximum atomic E-state index is 13.6. The van der Waals surface area contributed by atoms with Gasteiger partial charge in [0.25, 0.3) is 5.91 Å². The van der Waals surface area contributed by atoms with E-state index in [1.165, 1.54) is 6.39 Å². The molecule has 0 saturated heterocycles. The molecule has 6 rings (SSSR count). The summed E-state index contributed by atoms with van der Waals surface area (Å²) in [6.45, 7) is 0.450. The Bertz CT molecular complexity index is 1600. The van der Waals surface area contributed by atoms with Crippen molar-refractivity contribution in [1.82, 2.24) is 20.1 Å². The molecule has 2 aromatic heterocycles. The molecular weight excluding hydrogens is 468 g/mol. The number of nitrogens with zero attached hydrogens (tertiary/aromatic N) is 3. The third-order valence-corrected chi connectivity index (χ3v) is 6.75. The highest BCUT2D eigenvalue weighted by molar-refractivity contribution is 6.30. The summed E-state index contributed by atoms with van der Waals surface area (Å²) in [7, 11) is 0. The standard InChI is InChI=1S/C26H19ClN4O4/c27-18-7-1-15(2-8-18)13-31-23-19(11-21-22(28-14-35-21)20(23)12-29-31)24(32)30-26(9-10-26)17-5-3-16(4-6-17)25(33)34/h1-8,11-12,14H,9-10,13H2,(H,30,32)(H,33,34). The lowest BCUT2D eigenvalue weighted by atomic mass is 10.0. The highest BCUT2D eigenvalue weighted by Gasteiger charge is 2.46. The summed E-state index contributed by atoms with van der Waals surface area (Å²) in [6.07, 6.45) is 4.59. The minimum atomic E-state index is -0.984. The number of benzene rings is 3. The zero-order valence-electron chi connectivity index (χ0n) is 18.4. The fourth-order valence-corrected chi connectivity index (χ4v) is 4.61. The molecule has 2 N–H and O–H groups in total. The molecule has 1 fully saturated rings. The first-order valence-corrected chi connectivity index (χ1v) is 11.4. The molecule has 0 atom stereocenters. The average molecular weight is 487 g/mol. The first-order chi connectivity index (χ1) is 16.9. The van der Waals surface area contributed by atoms with E-state index in [0.717, 1.165) is 29.4 Å². The summed E-state index contributed by atoms with van der Waals surface area (Å²) >= 11 is 6.03. The van der Waals surface area contributed by atoms with Crippen molar-refractivity contribution in [3.63, 3.8) is 0 Å². The van der Waals surface area contributed by atoms with Gasteiger partial charge >= 0.3 is 5.97 Å². The van der Waals surface area contributed by atoms with Crippen LogP contribution in [0.4, 0.5) is 0 Å². The van der Waals surface area contributed by atoms with Crippen molar-refractivity contribution in [2.24, 2.45) is 0 Å². The van der Waals surface area contributed by atoms with Crippen LogP contribution in [0.1, 0.15) is 44.7 Å². The molecule has 3 aromatic carbocycles. The Morgan fingerprint density at radius 2 is 1.86 bits per heavy atom. The monoisotopic (exact) mass is 486 g/mol. The van der Waals surface area contributed by atoms with E-state index in [0.29, 0.717) is 33.7 Å². The van der Waals surface area contributed by atoms with E-state index in [4.69, 9.17) is 16.0 Å². The predicted molar refractivity (Wildman–Crippen MR) is 130 cm³/mol. The Kier molecular flexibility index (Phi) is 4.86. The van der Waals surface area contributed by atoms with Crippen molar-refractivity contribution < 1.29 is 19.1 Å².